The molecule has 0 unspecified atom stereocenters. The van der Waals surface area contributed by atoms with Gasteiger partial charge in [-0.05, 0) is 18.3 Å². The van der Waals surface area contributed by atoms with Crippen LogP contribution in [0.5, 0.6) is 0 Å². The molecule has 0 aromatic heterocycles. The maximum absolute atomic E-state index is 2.30. The molecule has 1 saturated carbocycles. The van der Waals surface area contributed by atoms with Crippen LogP contribution in [0.1, 0.15) is 52.4 Å². The summed E-state index contributed by atoms with van der Waals surface area (Å²) in [7, 11) is 4.16. The molecule has 0 spiro atoms. The van der Waals surface area contributed by atoms with Gasteiger partial charge in [-0.3, -0.25) is 0 Å². The first-order valence-corrected chi connectivity index (χ1v) is 8.52. The van der Waals surface area contributed by atoms with Gasteiger partial charge < -0.3 is 0 Å². The van der Waals surface area contributed by atoms with Crippen LogP contribution in [-0.2, 0) is 0 Å². The van der Waals surface area contributed by atoms with Crippen LogP contribution in [0.4, 0.5) is 0 Å². The van der Waals surface area contributed by atoms with Crippen molar-refractivity contribution < 1.29 is 0 Å². The van der Waals surface area contributed by atoms with Gasteiger partial charge >= 0.3 is 0 Å². The summed E-state index contributed by atoms with van der Waals surface area (Å²) < 4.78 is 0. The minimum atomic E-state index is 0.849. The third-order valence-corrected chi connectivity index (χ3v) is 5.60. The average Bonchev–Trinajstić information content (AvgIpc) is 2.18. The van der Waals surface area contributed by atoms with Crippen molar-refractivity contribution in [3.05, 3.63) is 0 Å². The lowest BCUT2D eigenvalue weighted by molar-refractivity contribution is 0.352. The summed E-state index contributed by atoms with van der Waals surface area (Å²) in [4.78, 5) is 0. The monoisotopic (exact) mass is 232 g/mol. The summed E-state index contributed by atoms with van der Waals surface area (Å²) in [5.41, 5.74) is 0. The molecule has 0 N–H and O–H groups in total. The SMILES string of the molecule is CC(C)CSSCCC1CCCCC1. The largest absolute Gasteiger partial charge is 0.0941 e. The number of hydrogen-bond donors (Lipinski definition) is 0. The molecular formula is C12H24S2. The van der Waals surface area contributed by atoms with Crippen molar-refractivity contribution in [3.63, 3.8) is 0 Å². The van der Waals surface area contributed by atoms with Gasteiger partial charge in [0.2, 0.25) is 0 Å². The molecule has 0 nitrogen and oxygen atoms in total. The molecule has 0 atom stereocenters. The highest BCUT2D eigenvalue weighted by Crippen LogP contribution is 2.30. The quantitative estimate of drug-likeness (QED) is 0.467. The van der Waals surface area contributed by atoms with Gasteiger partial charge in [-0.2, -0.15) is 0 Å². The Kier molecular flexibility index (Phi) is 7.23. The van der Waals surface area contributed by atoms with Gasteiger partial charge in [-0.15, -0.1) is 0 Å². The Labute approximate surface area is 97.4 Å². The lowest BCUT2D eigenvalue weighted by Crippen LogP contribution is -2.06. The van der Waals surface area contributed by atoms with Gasteiger partial charge in [0.15, 0.2) is 0 Å². The van der Waals surface area contributed by atoms with E-state index in [1.54, 1.807) is 0 Å². The summed E-state index contributed by atoms with van der Waals surface area (Å²) in [6.07, 6.45) is 8.97. The van der Waals surface area contributed by atoms with E-state index < -0.39 is 0 Å². The highest BCUT2D eigenvalue weighted by atomic mass is 33.1. The standard InChI is InChI=1S/C12H24S2/c1-11(2)10-14-13-9-8-12-6-4-3-5-7-12/h11-12H,3-10H2,1-2H3. The smallest absolute Gasteiger partial charge is 0.00600 e. The summed E-state index contributed by atoms with van der Waals surface area (Å²) >= 11 is 0. The third kappa shape index (κ3) is 6.23. The van der Waals surface area contributed by atoms with E-state index in [1.807, 2.05) is 0 Å². The predicted molar refractivity (Wildman–Crippen MR) is 70.9 cm³/mol. The Hall–Kier alpha value is 0.700. The maximum atomic E-state index is 2.30. The van der Waals surface area contributed by atoms with Gasteiger partial charge in [0, 0.05) is 11.5 Å². The number of rotatable bonds is 6. The molecule has 0 aromatic carbocycles. The Morgan fingerprint density at radius 3 is 2.43 bits per heavy atom. The van der Waals surface area contributed by atoms with Gasteiger partial charge in [-0.1, -0.05) is 67.5 Å². The average molecular weight is 232 g/mol. The minimum Gasteiger partial charge on any atom is -0.0941 e. The fourth-order valence-electron chi connectivity index (χ4n) is 1.93. The highest BCUT2D eigenvalue weighted by molar-refractivity contribution is 8.76. The summed E-state index contributed by atoms with van der Waals surface area (Å²) in [5, 5.41) is 0. The first-order valence-electron chi connectivity index (χ1n) is 6.03. The van der Waals surface area contributed by atoms with E-state index in [-0.39, 0.29) is 0 Å². The van der Waals surface area contributed by atoms with Crippen molar-refractivity contribution in [2.45, 2.75) is 52.4 Å². The molecule has 0 saturated heterocycles. The van der Waals surface area contributed by atoms with Crippen LogP contribution >= 0.6 is 21.6 Å². The van der Waals surface area contributed by atoms with Crippen LogP contribution in [-0.4, -0.2) is 11.5 Å². The predicted octanol–water partition coefficient (Wildman–Crippen LogP) is 4.99. The molecule has 1 fully saturated rings. The van der Waals surface area contributed by atoms with E-state index in [9.17, 15) is 0 Å². The van der Waals surface area contributed by atoms with Crippen LogP contribution in [0.25, 0.3) is 0 Å². The van der Waals surface area contributed by atoms with E-state index in [0.29, 0.717) is 0 Å². The lowest BCUT2D eigenvalue weighted by atomic mass is 9.88. The normalized spacial score (nSPS) is 19.1. The molecule has 84 valence electrons. The zero-order valence-corrected chi connectivity index (χ0v) is 11.3. The van der Waals surface area contributed by atoms with Crippen molar-refractivity contribution >= 4 is 21.6 Å². The van der Waals surface area contributed by atoms with Crippen LogP contribution in [0.3, 0.4) is 0 Å². The highest BCUT2D eigenvalue weighted by Gasteiger charge is 2.12. The van der Waals surface area contributed by atoms with E-state index in [2.05, 4.69) is 35.4 Å². The molecule has 14 heavy (non-hydrogen) atoms. The molecule has 1 aliphatic carbocycles. The van der Waals surface area contributed by atoms with Crippen molar-refractivity contribution in [1.82, 2.24) is 0 Å². The Balaban J connectivity index is 1.87. The van der Waals surface area contributed by atoms with E-state index in [0.717, 1.165) is 11.8 Å². The minimum absolute atomic E-state index is 0.849. The van der Waals surface area contributed by atoms with Crippen LogP contribution in [0.15, 0.2) is 0 Å². The fraction of sp³-hybridized carbons (Fsp3) is 1.00. The molecule has 0 aromatic rings. The summed E-state index contributed by atoms with van der Waals surface area (Å²) in [5.74, 6) is 4.61. The van der Waals surface area contributed by atoms with Crippen molar-refractivity contribution in [2.24, 2.45) is 11.8 Å². The lowest BCUT2D eigenvalue weighted by Gasteiger charge is -2.20. The second kappa shape index (κ2) is 7.92. The molecule has 0 heterocycles. The second-order valence-electron chi connectivity index (χ2n) is 4.79. The molecule has 0 aliphatic heterocycles. The zero-order chi connectivity index (χ0) is 10.2. The van der Waals surface area contributed by atoms with Crippen molar-refractivity contribution in [3.8, 4) is 0 Å². The van der Waals surface area contributed by atoms with E-state index in [1.165, 1.54) is 50.0 Å². The van der Waals surface area contributed by atoms with Crippen molar-refractivity contribution in [2.75, 3.05) is 11.5 Å². The first-order chi connectivity index (χ1) is 6.79. The van der Waals surface area contributed by atoms with E-state index in [4.69, 9.17) is 0 Å². The Bertz CT molecular complexity index is 128. The molecule has 0 amide bonds. The third-order valence-electron chi connectivity index (χ3n) is 2.82. The summed E-state index contributed by atoms with van der Waals surface area (Å²) in [6, 6.07) is 0. The van der Waals surface area contributed by atoms with Crippen molar-refractivity contribution in [1.29, 1.82) is 0 Å². The second-order valence-corrected chi connectivity index (χ2v) is 7.42. The maximum Gasteiger partial charge on any atom is 0.00600 e. The molecule has 0 radical (unpaired) electrons. The van der Waals surface area contributed by atoms with Gasteiger partial charge in [-0.25, -0.2) is 0 Å². The molecule has 2 heteroatoms. The molecule has 0 bridgehead atoms. The van der Waals surface area contributed by atoms with E-state index >= 15 is 0 Å². The molecule has 1 aliphatic rings. The summed E-state index contributed by atoms with van der Waals surface area (Å²) in [6.45, 7) is 4.60. The zero-order valence-electron chi connectivity index (χ0n) is 9.63. The van der Waals surface area contributed by atoms with Gasteiger partial charge in [0.1, 0.15) is 0 Å². The van der Waals surface area contributed by atoms with Crippen LogP contribution in [0, 0.1) is 11.8 Å². The van der Waals surface area contributed by atoms with Gasteiger partial charge in [0.25, 0.3) is 0 Å². The Morgan fingerprint density at radius 2 is 1.79 bits per heavy atom. The van der Waals surface area contributed by atoms with Gasteiger partial charge in [0.05, 0.1) is 0 Å². The van der Waals surface area contributed by atoms with Crippen LogP contribution in [0.2, 0.25) is 0 Å². The first kappa shape index (κ1) is 12.8. The molecule has 1 rings (SSSR count). The Morgan fingerprint density at radius 1 is 1.07 bits per heavy atom. The molecular weight excluding hydrogens is 208 g/mol. The fourth-order valence-corrected chi connectivity index (χ4v) is 4.60. The number of hydrogen-bond acceptors (Lipinski definition) is 2. The van der Waals surface area contributed by atoms with Crippen LogP contribution < -0.4 is 0 Å². The topological polar surface area (TPSA) is 0 Å².